The standard InChI is InChI=1S/C16H22N2OS2/c1-9-10(2)21-13-12(9)14(19)18(15(20)17-13)11-6-5-7-16(3,4)8-11/h11H,5-8H2,1-4H3,(H,17,20). The number of nitrogens with one attached hydrogen (secondary N) is 1. The number of aromatic nitrogens is 2. The second-order valence-corrected chi connectivity index (χ2v) is 8.62. The number of hydrogen-bond acceptors (Lipinski definition) is 3. The maximum absolute atomic E-state index is 13.0. The van der Waals surface area contributed by atoms with Crippen LogP contribution in [0.1, 0.15) is 56.0 Å². The van der Waals surface area contributed by atoms with Crippen molar-refractivity contribution in [1.82, 2.24) is 9.55 Å². The molecule has 0 spiro atoms. The fourth-order valence-corrected chi connectivity index (χ4v) is 5.00. The van der Waals surface area contributed by atoms with Gasteiger partial charge in [-0.25, -0.2) is 0 Å². The van der Waals surface area contributed by atoms with Crippen molar-refractivity contribution in [2.45, 2.75) is 59.4 Å². The van der Waals surface area contributed by atoms with Crippen LogP contribution in [0.25, 0.3) is 10.2 Å². The number of hydrogen-bond donors (Lipinski definition) is 1. The highest BCUT2D eigenvalue weighted by atomic mass is 32.1. The summed E-state index contributed by atoms with van der Waals surface area (Å²) < 4.78 is 2.43. The predicted molar refractivity (Wildman–Crippen MR) is 92.0 cm³/mol. The van der Waals surface area contributed by atoms with Crippen molar-refractivity contribution >= 4 is 33.8 Å². The van der Waals surface area contributed by atoms with Gasteiger partial charge in [0.1, 0.15) is 4.83 Å². The van der Waals surface area contributed by atoms with Gasteiger partial charge in [0.2, 0.25) is 0 Å². The average molecular weight is 322 g/mol. The molecule has 1 fully saturated rings. The molecular weight excluding hydrogens is 300 g/mol. The summed E-state index contributed by atoms with van der Waals surface area (Å²) >= 11 is 7.12. The number of H-pyrrole nitrogens is 1. The van der Waals surface area contributed by atoms with E-state index in [-0.39, 0.29) is 11.6 Å². The molecule has 3 rings (SSSR count). The Morgan fingerprint density at radius 2 is 2.10 bits per heavy atom. The van der Waals surface area contributed by atoms with E-state index in [1.54, 1.807) is 11.3 Å². The van der Waals surface area contributed by atoms with Crippen LogP contribution in [0.15, 0.2) is 4.79 Å². The lowest BCUT2D eigenvalue weighted by Crippen LogP contribution is -2.32. The molecule has 0 aromatic carbocycles. The zero-order valence-corrected chi connectivity index (χ0v) is 14.7. The van der Waals surface area contributed by atoms with Crippen molar-refractivity contribution in [3.05, 3.63) is 25.6 Å². The third-order valence-corrected chi connectivity index (χ3v) is 6.22. The maximum Gasteiger partial charge on any atom is 0.263 e. The minimum atomic E-state index is 0.0956. The summed E-state index contributed by atoms with van der Waals surface area (Å²) in [6.45, 7) is 8.66. The van der Waals surface area contributed by atoms with Crippen LogP contribution in [0.3, 0.4) is 0 Å². The van der Waals surface area contributed by atoms with E-state index >= 15 is 0 Å². The number of aryl methyl sites for hydroxylation is 2. The number of fused-ring (bicyclic) bond motifs is 1. The van der Waals surface area contributed by atoms with Crippen molar-refractivity contribution in [2.24, 2.45) is 5.41 Å². The normalized spacial score (nSPS) is 21.8. The van der Waals surface area contributed by atoms with E-state index in [2.05, 4.69) is 25.8 Å². The van der Waals surface area contributed by atoms with E-state index < -0.39 is 0 Å². The van der Waals surface area contributed by atoms with Crippen molar-refractivity contribution in [3.8, 4) is 0 Å². The molecule has 21 heavy (non-hydrogen) atoms. The summed E-state index contributed by atoms with van der Waals surface area (Å²) in [5.74, 6) is 0. The van der Waals surface area contributed by atoms with Crippen molar-refractivity contribution in [3.63, 3.8) is 0 Å². The van der Waals surface area contributed by atoms with Crippen LogP contribution < -0.4 is 5.56 Å². The minimum Gasteiger partial charge on any atom is -0.323 e. The molecule has 1 saturated carbocycles. The quantitative estimate of drug-likeness (QED) is 0.760. The molecule has 0 amide bonds. The molecule has 2 aromatic heterocycles. The number of rotatable bonds is 1. The van der Waals surface area contributed by atoms with Gasteiger partial charge in [0.25, 0.3) is 5.56 Å². The van der Waals surface area contributed by atoms with Crippen LogP contribution in [0.5, 0.6) is 0 Å². The molecular formula is C16H22N2OS2. The van der Waals surface area contributed by atoms with Crippen molar-refractivity contribution < 1.29 is 0 Å². The summed E-state index contributed by atoms with van der Waals surface area (Å²) in [7, 11) is 0. The summed E-state index contributed by atoms with van der Waals surface area (Å²) in [4.78, 5) is 18.4. The zero-order valence-electron chi connectivity index (χ0n) is 13.1. The summed E-state index contributed by atoms with van der Waals surface area (Å²) in [5, 5.41) is 0.828. The molecule has 114 valence electrons. The van der Waals surface area contributed by atoms with Gasteiger partial charge >= 0.3 is 0 Å². The van der Waals surface area contributed by atoms with E-state index in [0.717, 1.165) is 28.6 Å². The lowest BCUT2D eigenvalue weighted by Gasteiger charge is -2.36. The summed E-state index contributed by atoms with van der Waals surface area (Å²) in [5.41, 5.74) is 1.48. The Balaban J connectivity index is 2.21. The molecule has 2 aromatic rings. The molecule has 1 aliphatic rings. The topological polar surface area (TPSA) is 37.8 Å². The molecule has 0 radical (unpaired) electrons. The van der Waals surface area contributed by atoms with Crippen LogP contribution in [-0.4, -0.2) is 9.55 Å². The second-order valence-electron chi connectivity index (χ2n) is 7.01. The van der Waals surface area contributed by atoms with E-state index in [9.17, 15) is 4.79 Å². The first kappa shape index (κ1) is 15.0. The third-order valence-electron chi connectivity index (χ3n) is 4.80. The van der Waals surface area contributed by atoms with Crippen LogP contribution >= 0.6 is 23.6 Å². The summed E-state index contributed by atoms with van der Waals surface area (Å²) in [6.07, 6.45) is 4.47. The van der Waals surface area contributed by atoms with Gasteiger partial charge in [-0.05, 0) is 56.3 Å². The van der Waals surface area contributed by atoms with E-state index in [4.69, 9.17) is 12.2 Å². The Hall–Kier alpha value is -0.940. The SMILES string of the molecule is Cc1sc2[nH]c(=S)n(C3CCCC(C)(C)C3)c(=O)c2c1C. The monoisotopic (exact) mass is 322 g/mol. The largest absolute Gasteiger partial charge is 0.323 e. The minimum absolute atomic E-state index is 0.0956. The van der Waals surface area contributed by atoms with Crippen molar-refractivity contribution in [1.29, 1.82) is 0 Å². The van der Waals surface area contributed by atoms with Crippen LogP contribution in [-0.2, 0) is 0 Å². The molecule has 0 bridgehead atoms. The van der Waals surface area contributed by atoms with E-state index in [0.29, 0.717) is 10.2 Å². The van der Waals surface area contributed by atoms with Gasteiger partial charge in [0.15, 0.2) is 4.77 Å². The average Bonchev–Trinajstić information content (AvgIpc) is 2.63. The van der Waals surface area contributed by atoms with Gasteiger partial charge in [-0.1, -0.05) is 20.3 Å². The Morgan fingerprint density at radius 3 is 2.76 bits per heavy atom. The highest BCUT2D eigenvalue weighted by molar-refractivity contribution is 7.71. The molecule has 0 aliphatic heterocycles. The number of aromatic amines is 1. The zero-order chi connectivity index (χ0) is 15.4. The van der Waals surface area contributed by atoms with Gasteiger partial charge in [0.05, 0.1) is 5.39 Å². The van der Waals surface area contributed by atoms with Gasteiger partial charge in [-0.2, -0.15) is 0 Å². The third kappa shape index (κ3) is 2.50. The van der Waals surface area contributed by atoms with Gasteiger partial charge in [-0.3, -0.25) is 9.36 Å². The first-order chi connectivity index (χ1) is 9.80. The molecule has 1 unspecified atom stereocenters. The molecule has 1 aliphatic carbocycles. The Labute approximate surface area is 134 Å². The smallest absolute Gasteiger partial charge is 0.263 e. The first-order valence-electron chi connectivity index (χ1n) is 7.55. The van der Waals surface area contributed by atoms with Crippen LogP contribution in [0.2, 0.25) is 0 Å². The summed E-state index contributed by atoms with van der Waals surface area (Å²) in [6, 6.07) is 0.231. The van der Waals surface area contributed by atoms with Gasteiger partial charge < -0.3 is 4.98 Å². The molecule has 1 atom stereocenters. The Kier molecular flexibility index (Phi) is 3.61. The molecule has 1 N–H and O–H groups in total. The predicted octanol–water partition coefficient (Wildman–Crippen LogP) is 4.88. The lowest BCUT2D eigenvalue weighted by atomic mass is 9.75. The van der Waals surface area contributed by atoms with Crippen LogP contribution in [0, 0.1) is 24.0 Å². The molecule has 2 heterocycles. The molecule has 3 nitrogen and oxygen atoms in total. The van der Waals surface area contributed by atoms with E-state index in [1.807, 2.05) is 11.5 Å². The van der Waals surface area contributed by atoms with Crippen LogP contribution in [0.4, 0.5) is 0 Å². The van der Waals surface area contributed by atoms with Crippen molar-refractivity contribution in [2.75, 3.05) is 0 Å². The highest BCUT2D eigenvalue weighted by Crippen LogP contribution is 2.40. The Bertz CT molecular complexity index is 810. The Morgan fingerprint density at radius 1 is 1.38 bits per heavy atom. The molecule has 0 saturated heterocycles. The second kappa shape index (κ2) is 5.06. The van der Waals surface area contributed by atoms with Gasteiger partial charge in [-0.15, -0.1) is 11.3 Å². The fourth-order valence-electron chi connectivity index (χ4n) is 3.55. The lowest BCUT2D eigenvalue weighted by molar-refractivity contribution is 0.179. The number of thiophene rings is 1. The van der Waals surface area contributed by atoms with E-state index in [1.165, 1.54) is 17.7 Å². The van der Waals surface area contributed by atoms with Gasteiger partial charge in [0, 0.05) is 10.9 Å². The number of nitrogens with zero attached hydrogens (tertiary/aromatic N) is 1. The highest BCUT2D eigenvalue weighted by Gasteiger charge is 2.30. The first-order valence-corrected chi connectivity index (χ1v) is 8.77. The fraction of sp³-hybridized carbons (Fsp3) is 0.625. The maximum atomic E-state index is 13.0. The molecule has 5 heteroatoms.